The third-order valence-electron chi connectivity index (χ3n) is 2.87. The fraction of sp³-hybridized carbons (Fsp3) is 0.188. The number of aliphatic hydroxyl groups excluding tert-OH is 1. The van der Waals surface area contributed by atoms with Gasteiger partial charge in [0.15, 0.2) is 0 Å². The first-order valence-corrected chi connectivity index (χ1v) is 6.54. The summed E-state index contributed by atoms with van der Waals surface area (Å²) in [6, 6.07) is 18.6. The Bertz CT molecular complexity index is 529. The van der Waals surface area contributed by atoms with E-state index >= 15 is 0 Å². The number of nitrogens with one attached hydrogen (secondary N) is 2. The summed E-state index contributed by atoms with van der Waals surface area (Å²) >= 11 is 0. The van der Waals surface area contributed by atoms with Crippen molar-refractivity contribution in [2.75, 3.05) is 18.4 Å². The Hall–Kier alpha value is -2.17. The van der Waals surface area contributed by atoms with Crippen molar-refractivity contribution in [1.29, 1.82) is 0 Å². The van der Waals surface area contributed by atoms with Gasteiger partial charge in [-0.3, -0.25) is 4.79 Å². The minimum Gasteiger partial charge on any atom is -0.387 e. The van der Waals surface area contributed by atoms with Crippen LogP contribution in [0, 0.1) is 0 Å². The van der Waals surface area contributed by atoms with Crippen LogP contribution in [0.2, 0.25) is 0 Å². The minimum absolute atomic E-state index is 0.128. The molecule has 0 aliphatic heterocycles. The minimum atomic E-state index is -0.610. The second-order valence-electron chi connectivity index (χ2n) is 4.47. The highest BCUT2D eigenvalue weighted by Gasteiger charge is 2.07. The third-order valence-corrected chi connectivity index (χ3v) is 2.87. The molecule has 1 atom stereocenters. The summed E-state index contributed by atoms with van der Waals surface area (Å²) in [6.45, 7) is 0.505. The Morgan fingerprint density at radius 2 is 1.60 bits per heavy atom. The molecule has 0 saturated heterocycles. The monoisotopic (exact) mass is 270 g/mol. The molecule has 4 heteroatoms. The molecule has 2 rings (SSSR count). The molecule has 0 fully saturated rings. The molecule has 0 radical (unpaired) electrons. The number of hydrogen-bond donors (Lipinski definition) is 3. The van der Waals surface area contributed by atoms with Crippen molar-refractivity contribution in [3.05, 3.63) is 66.2 Å². The van der Waals surface area contributed by atoms with Crippen LogP contribution >= 0.6 is 0 Å². The van der Waals surface area contributed by atoms with Gasteiger partial charge in [-0.2, -0.15) is 0 Å². The number of para-hydroxylation sites is 1. The molecule has 4 nitrogen and oxygen atoms in total. The van der Waals surface area contributed by atoms with E-state index in [4.69, 9.17) is 0 Å². The summed E-state index contributed by atoms with van der Waals surface area (Å²) in [5.41, 5.74) is 1.60. The maximum absolute atomic E-state index is 11.7. The zero-order valence-electron chi connectivity index (χ0n) is 11.1. The van der Waals surface area contributed by atoms with Crippen molar-refractivity contribution in [1.82, 2.24) is 5.32 Å². The normalized spacial score (nSPS) is 11.8. The van der Waals surface area contributed by atoms with Crippen molar-refractivity contribution < 1.29 is 9.90 Å². The summed E-state index contributed by atoms with van der Waals surface area (Å²) in [5, 5.41) is 15.6. The predicted octanol–water partition coefficient (Wildman–Crippen LogP) is 1.95. The Balaban J connectivity index is 1.72. The summed E-state index contributed by atoms with van der Waals surface area (Å²) in [4.78, 5) is 11.7. The second kappa shape index (κ2) is 7.43. The molecule has 1 unspecified atom stereocenters. The van der Waals surface area contributed by atoms with Gasteiger partial charge in [0.1, 0.15) is 0 Å². The highest BCUT2D eigenvalue weighted by molar-refractivity contribution is 5.92. The van der Waals surface area contributed by atoms with Gasteiger partial charge in [-0.05, 0) is 17.7 Å². The molecule has 1 amide bonds. The lowest BCUT2D eigenvalue weighted by atomic mass is 10.1. The van der Waals surface area contributed by atoms with Crippen LogP contribution in [0.3, 0.4) is 0 Å². The molecule has 0 saturated carbocycles. The largest absolute Gasteiger partial charge is 0.387 e. The molecule has 0 aliphatic rings. The quantitative estimate of drug-likeness (QED) is 0.752. The van der Waals surface area contributed by atoms with Crippen molar-refractivity contribution in [2.24, 2.45) is 0 Å². The van der Waals surface area contributed by atoms with Gasteiger partial charge in [-0.15, -0.1) is 0 Å². The molecular formula is C16H18N2O2. The van der Waals surface area contributed by atoms with Gasteiger partial charge in [0, 0.05) is 12.2 Å². The van der Waals surface area contributed by atoms with Gasteiger partial charge in [-0.1, -0.05) is 48.5 Å². The van der Waals surface area contributed by atoms with E-state index in [1.165, 1.54) is 0 Å². The molecular weight excluding hydrogens is 252 g/mol. The number of hydrogen-bond acceptors (Lipinski definition) is 3. The van der Waals surface area contributed by atoms with Crippen molar-refractivity contribution in [3.8, 4) is 0 Å². The topological polar surface area (TPSA) is 61.4 Å². The number of anilines is 1. The van der Waals surface area contributed by atoms with Gasteiger partial charge >= 0.3 is 0 Å². The zero-order chi connectivity index (χ0) is 14.2. The van der Waals surface area contributed by atoms with Crippen LogP contribution in [0.15, 0.2) is 60.7 Å². The number of benzene rings is 2. The van der Waals surface area contributed by atoms with Crippen molar-refractivity contribution in [3.63, 3.8) is 0 Å². The standard InChI is InChI=1S/C16H18N2O2/c19-15(13-7-3-1-4-8-13)11-17-12-16(20)18-14-9-5-2-6-10-14/h1-10,15,17,19H,11-12H2,(H,18,20). The van der Waals surface area contributed by atoms with Gasteiger partial charge in [0.2, 0.25) is 5.91 Å². The molecule has 3 N–H and O–H groups in total. The third kappa shape index (κ3) is 4.50. The number of amides is 1. The lowest BCUT2D eigenvalue weighted by Gasteiger charge is -2.12. The van der Waals surface area contributed by atoms with Gasteiger partial charge in [0.05, 0.1) is 12.6 Å². The van der Waals surface area contributed by atoms with E-state index in [9.17, 15) is 9.90 Å². The second-order valence-corrected chi connectivity index (χ2v) is 4.47. The SMILES string of the molecule is O=C(CNCC(O)c1ccccc1)Nc1ccccc1. The van der Waals surface area contributed by atoms with Crippen molar-refractivity contribution >= 4 is 11.6 Å². The van der Waals surface area contributed by atoms with E-state index in [0.717, 1.165) is 11.3 Å². The number of carbonyl (C=O) groups is 1. The molecule has 20 heavy (non-hydrogen) atoms. The van der Waals surface area contributed by atoms with E-state index in [1.54, 1.807) is 0 Å². The lowest BCUT2D eigenvalue weighted by molar-refractivity contribution is -0.115. The Labute approximate surface area is 118 Å². The summed E-state index contributed by atoms with van der Waals surface area (Å²) < 4.78 is 0. The van der Waals surface area contributed by atoms with Crippen LogP contribution in [0.25, 0.3) is 0 Å². The van der Waals surface area contributed by atoms with Gasteiger partial charge in [-0.25, -0.2) is 0 Å². The Morgan fingerprint density at radius 3 is 2.25 bits per heavy atom. The smallest absolute Gasteiger partial charge is 0.238 e. The number of carbonyl (C=O) groups excluding carboxylic acids is 1. The fourth-order valence-electron chi connectivity index (χ4n) is 1.84. The van der Waals surface area contributed by atoms with E-state index in [2.05, 4.69) is 10.6 Å². The summed E-state index contributed by atoms with van der Waals surface area (Å²) in [6.07, 6.45) is -0.610. The van der Waals surface area contributed by atoms with Crippen LogP contribution in [0.1, 0.15) is 11.7 Å². The first-order chi connectivity index (χ1) is 9.75. The average molecular weight is 270 g/mol. The molecule has 0 heterocycles. The predicted molar refractivity (Wildman–Crippen MR) is 79.3 cm³/mol. The summed E-state index contributed by atoms with van der Waals surface area (Å²) in [7, 11) is 0. The highest BCUT2D eigenvalue weighted by atomic mass is 16.3. The first-order valence-electron chi connectivity index (χ1n) is 6.54. The van der Waals surface area contributed by atoms with Crippen LogP contribution in [0.4, 0.5) is 5.69 Å². The molecule has 2 aromatic rings. The molecule has 0 spiro atoms. The van der Waals surface area contributed by atoms with Gasteiger partial charge < -0.3 is 15.7 Å². The van der Waals surface area contributed by atoms with Gasteiger partial charge in [0.25, 0.3) is 0 Å². The Kier molecular flexibility index (Phi) is 5.29. The maximum Gasteiger partial charge on any atom is 0.238 e. The van der Waals surface area contributed by atoms with Crippen LogP contribution in [0.5, 0.6) is 0 Å². The first kappa shape index (κ1) is 14.2. The number of aliphatic hydroxyl groups is 1. The molecule has 2 aromatic carbocycles. The zero-order valence-corrected chi connectivity index (χ0v) is 11.1. The molecule has 0 aliphatic carbocycles. The summed E-state index contributed by atoms with van der Waals surface area (Å²) in [5.74, 6) is -0.128. The maximum atomic E-state index is 11.7. The van der Waals surface area contributed by atoms with Crippen LogP contribution < -0.4 is 10.6 Å². The molecule has 104 valence electrons. The van der Waals surface area contributed by atoms with Crippen LogP contribution in [-0.2, 0) is 4.79 Å². The van der Waals surface area contributed by atoms with Crippen molar-refractivity contribution in [2.45, 2.75) is 6.10 Å². The fourth-order valence-corrected chi connectivity index (χ4v) is 1.84. The lowest BCUT2D eigenvalue weighted by Crippen LogP contribution is -2.31. The van der Waals surface area contributed by atoms with Crippen LogP contribution in [-0.4, -0.2) is 24.1 Å². The average Bonchev–Trinajstić information content (AvgIpc) is 2.49. The Morgan fingerprint density at radius 1 is 1.00 bits per heavy atom. The molecule has 0 aromatic heterocycles. The van der Waals surface area contributed by atoms with E-state index in [0.29, 0.717) is 6.54 Å². The van der Waals surface area contributed by atoms with E-state index in [-0.39, 0.29) is 12.5 Å². The number of rotatable bonds is 6. The van der Waals surface area contributed by atoms with E-state index < -0.39 is 6.10 Å². The highest BCUT2D eigenvalue weighted by Crippen LogP contribution is 2.10. The molecule has 0 bridgehead atoms. The van der Waals surface area contributed by atoms with E-state index in [1.807, 2.05) is 60.7 Å².